The van der Waals surface area contributed by atoms with Gasteiger partial charge in [-0.2, -0.15) is 0 Å². The molecule has 1 aliphatic rings. The number of aromatic nitrogens is 1. The highest BCUT2D eigenvalue weighted by Gasteiger charge is 2.19. The number of benzene rings is 1. The third kappa shape index (κ3) is 3.03. The summed E-state index contributed by atoms with van der Waals surface area (Å²) < 4.78 is 4.94. The molecule has 116 valence electrons. The van der Waals surface area contributed by atoms with Crippen molar-refractivity contribution >= 4 is 23.4 Å². The van der Waals surface area contributed by atoms with Crippen LogP contribution in [0.4, 0.5) is 0 Å². The molecule has 0 unspecified atom stereocenters. The molecule has 0 radical (unpaired) electrons. The van der Waals surface area contributed by atoms with Gasteiger partial charge < -0.3 is 14.2 Å². The van der Waals surface area contributed by atoms with Gasteiger partial charge in [0.2, 0.25) is 12.3 Å². The van der Waals surface area contributed by atoms with Gasteiger partial charge in [0.15, 0.2) is 5.58 Å². The number of oxazole rings is 1. The third-order valence-electron chi connectivity index (χ3n) is 3.93. The summed E-state index contributed by atoms with van der Waals surface area (Å²) in [6, 6.07) is 5.42. The molecule has 1 saturated heterocycles. The smallest absolute Gasteiger partial charge is 0.408 e. The molecular formula is C15H17N3O4. The Morgan fingerprint density at radius 3 is 2.77 bits per heavy atom. The zero-order valence-electron chi connectivity index (χ0n) is 12.1. The van der Waals surface area contributed by atoms with E-state index in [1.165, 1.54) is 0 Å². The summed E-state index contributed by atoms with van der Waals surface area (Å²) in [6.07, 6.45) is 1.84. The standard InChI is InChI=1S/C15H17N3O4/c19-10-17-5-7-18(8-6-17)14(20)4-2-11-1-3-13-12(9-11)16-15(21)22-13/h1,3,9-10H,2,4-8H2,(H,16,21). The summed E-state index contributed by atoms with van der Waals surface area (Å²) in [4.78, 5) is 40.0. The SMILES string of the molecule is O=CN1CCN(C(=O)CCc2ccc3oc(=O)[nH]c3c2)CC1. The zero-order valence-corrected chi connectivity index (χ0v) is 12.1. The van der Waals surface area contributed by atoms with Crippen LogP contribution in [0, 0.1) is 0 Å². The number of aromatic amines is 1. The molecule has 1 aliphatic heterocycles. The Morgan fingerprint density at radius 2 is 2.05 bits per heavy atom. The van der Waals surface area contributed by atoms with Crippen molar-refractivity contribution in [1.29, 1.82) is 0 Å². The van der Waals surface area contributed by atoms with Gasteiger partial charge in [0.05, 0.1) is 5.52 Å². The summed E-state index contributed by atoms with van der Waals surface area (Å²) in [5, 5.41) is 0. The van der Waals surface area contributed by atoms with Crippen LogP contribution < -0.4 is 5.76 Å². The van der Waals surface area contributed by atoms with Crippen LogP contribution in [0.15, 0.2) is 27.4 Å². The van der Waals surface area contributed by atoms with E-state index in [1.54, 1.807) is 15.9 Å². The number of aryl methyl sites for hydroxylation is 1. The molecule has 1 aromatic carbocycles. The van der Waals surface area contributed by atoms with Crippen LogP contribution in [-0.4, -0.2) is 53.3 Å². The van der Waals surface area contributed by atoms with E-state index in [9.17, 15) is 14.4 Å². The number of fused-ring (bicyclic) bond motifs is 1. The van der Waals surface area contributed by atoms with Gasteiger partial charge in [0, 0.05) is 32.6 Å². The molecule has 0 aliphatic carbocycles. The monoisotopic (exact) mass is 303 g/mol. The fourth-order valence-corrected chi connectivity index (χ4v) is 2.64. The highest BCUT2D eigenvalue weighted by molar-refractivity contribution is 5.77. The largest absolute Gasteiger partial charge is 0.417 e. The van der Waals surface area contributed by atoms with Gasteiger partial charge in [0.25, 0.3) is 0 Å². The Hall–Kier alpha value is -2.57. The maximum Gasteiger partial charge on any atom is 0.417 e. The fourth-order valence-electron chi connectivity index (χ4n) is 2.64. The first-order chi connectivity index (χ1) is 10.7. The van der Waals surface area contributed by atoms with Gasteiger partial charge in [0.1, 0.15) is 0 Å². The molecular weight excluding hydrogens is 286 g/mol. The molecule has 3 rings (SSSR count). The zero-order chi connectivity index (χ0) is 15.5. The highest BCUT2D eigenvalue weighted by atomic mass is 16.4. The first-order valence-electron chi connectivity index (χ1n) is 7.24. The molecule has 0 atom stereocenters. The van der Waals surface area contributed by atoms with Crippen LogP contribution in [0.1, 0.15) is 12.0 Å². The van der Waals surface area contributed by atoms with E-state index in [0.29, 0.717) is 50.1 Å². The topological polar surface area (TPSA) is 86.6 Å². The van der Waals surface area contributed by atoms with Gasteiger partial charge >= 0.3 is 5.76 Å². The van der Waals surface area contributed by atoms with E-state index in [1.807, 2.05) is 12.1 Å². The summed E-state index contributed by atoms with van der Waals surface area (Å²) in [5.41, 5.74) is 2.14. The minimum Gasteiger partial charge on any atom is -0.408 e. The van der Waals surface area contributed by atoms with Gasteiger partial charge in [-0.25, -0.2) is 4.79 Å². The van der Waals surface area contributed by atoms with Gasteiger partial charge in [-0.15, -0.1) is 0 Å². The van der Waals surface area contributed by atoms with Crippen molar-refractivity contribution < 1.29 is 14.0 Å². The molecule has 1 fully saturated rings. The van der Waals surface area contributed by atoms with Crippen molar-refractivity contribution in [2.45, 2.75) is 12.8 Å². The summed E-state index contributed by atoms with van der Waals surface area (Å²) >= 11 is 0. The van der Waals surface area contributed by atoms with Crippen LogP contribution >= 0.6 is 0 Å². The Kier molecular flexibility index (Phi) is 3.95. The molecule has 0 saturated carbocycles. The minimum atomic E-state index is -0.476. The maximum atomic E-state index is 12.2. The Morgan fingerprint density at radius 1 is 1.27 bits per heavy atom. The predicted molar refractivity (Wildman–Crippen MR) is 79.4 cm³/mol. The van der Waals surface area contributed by atoms with Crippen LogP contribution in [0.2, 0.25) is 0 Å². The van der Waals surface area contributed by atoms with E-state index in [4.69, 9.17) is 4.42 Å². The van der Waals surface area contributed by atoms with Crippen LogP contribution in [-0.2, 0) is 16.0 Å². The molecule has 7 nitrogen and oxygen atoms in total. The number of carbonyl (C=O) groups excluding carboxylic acids is 2. The van der Waals surface area contributed by atoms with Crippen LogP contribution in [0.25, 0.3) is 11.1 Å². The average molecular weight is 303 g/mol. The van der Waals surface area contributed by atoms with Crippen LogP contribution in [0.5, 0.6) is 0 Å². The number of amides is 2. The quantitative estimate of drug-likeness (QED) is 0.826. The minimum absolute atomic E-state index is 0.0892. The van der Waals surface area contributed by atoms with Gasteiger partial charge in [-0.1, -0.05) is 6.07 Å². The second-order valence-electron chi connectivity index (χ2n) is 5.37. The number of hydrogen-bond donors (Lipinski definition) is 1. The molecule has 1 aromatic heterocycles. The van der Waals surface area contributed by atoms with E-state index < -0.39 is 5.76 Å². The normalized spacial score (nSPS) is 15.3. The van der Waals surface area contributed by atoms with Crippen molar-refractivity contribution in [3.05, 3.63) is 34.3 Å². The fraction of sp³-hybridized carbons (Fsp3) is 0.400. The van der Waals surface area contributed by atoms with Crippen molar-refractivity contribution in [2.24, 2.45) is 0 Å². The number of nitrogens with zero attached hydrogens (tertiary/aromatic N) is 2. The van der Waals surface area contributed by atoms with Crippen molar-refractivity contribution in [2.75, 3.05) is 26.2 Å². The lowest BCUT2D eigenvalue weighted by molar-refractivity contribution is -0.135. The highest BCUT2D eigenvalue weighted by Crippen LogP contribution is 2.14. The second kappa shape index (κ2) is 6.05. The van der Waals surface area contributed by atoms with Crippen molar-refractivity contribution in [3.63, 3.8) is 0 Å². The molecule has 0 spiro atoms. The maximum absolute atomic E-state index is 12.2. The van der Waals surface area contributed by atoms with E-state index in [0.717, 1.165) is 12.0 Å². The number of piperazine rings is 1. The van der Waals surface area contributed by atoms with E-state index >= 15 is 0 Å². The number of nitrogens with one attached hydrogen (secondary N) is 1. The van der Waals surface area contributed by atoms with Crippen LogP contribution in [0.3, 0.4) is 0 Å². The summed E-state index contributed by atoms with van der Waals surface area (Å²) in [6.45, 7) is 2.37. The Balaban J connectivity index is 1.57. The summed E-state index contributed by atoms with van der Waals surface area (Å²) in [7, 11) is 0. The summed E-state index contributed by atoms with van der Waals surface area (Å²) in [5.74, 6) is -0.386. The first kappa shape index (κ1) is 14.4. The van der Waals surface area contributed by atoms with Crippen molar-refractivity contribution in [3.8, 4) is 0 Å². The number of hydrogen-bond acceptors (Lipinski definition) is 4. The Labute approximate surface area is 126 Å². The second-order valence-corrected chi connectivity index (χ2v) is 5.37. The molecule has 7 heteroatoms. The third-order valence-corrected chi connectivity index (χ3v) is 3.93. The lowest BCUT2D eigenvalue weighted by atomic mass is 10.1. The van der Waals surface area contributed by atoms with Gasteiger partial charge in [-0.05, 0) is 24.1 Å². The van der Waals surface area contributed by atoms with E-state index in [-0.39, 0.29) is 5.91 Å². The first-order valence-corrected chi connectivity index (χ1v) is 7.24. The molecule has 1 N–H and O–H groups in total. The number of H-pyrrole nitrogens is 1. The molecule has 22 heavy (non-hydrogen) atoms. The molecule has 0 bridgehead atoms. The number of carbonyl (C=O) groups is 2. The van der Waals surface area contributed by atoms with Crippen molar-refractivity contribution in [1.82, 2.24) is 14.8 Å². The molecule has 2 amide bonds. The number of rotatable bonds is 4. The Bertz CT molecular complexity index is 741. The lowest BCUT2D eigenvalue weighted by Gasteiger charge is -2.32. The molecule has 2 heterocycles. The molecule has 2 aromatic rings. The average Bonchev–Trinajstić information content (AvgIpc) is 2.92. The van der Waals surface area contributed by atoms with E-state index in [2.05, 4.69) is 4.98 Å². The lowest BCUT2D eigenvalue weighted by Crippen LogP contribution is -2.48. The van der Waals surface area contributed by atoms with Gasteiger partial charge in [-0.3, -0.25) is 14.6 Å². The predicted octanol–water partition coefficient (Wildman–Crippen LogP) is 0.354.